The van der Waals surface area contributed by atoms with Gasteiger partial charge in [-0.25, -0.2) is 0 Å². The van der Waals surface area contributed by atoms with Gasteiger partial charge in [-0.15, -0.1) is 0 Å². The van der Waals surface area contributed by atoms with Gasteiger partial charge in [-0.05, 0) is 19.9 Å². The number of carbonyl (C=O) groups excluding carboxylic acids is 1. The van der Waals surface area contributed by atoms with Crippen LogP contribution in [0, 0.1) is 0 Å². The van der Waals surface area contributed by atoms with Crippen LogP contribution in [0.5, 0.6) is 0 Å². The van der Waals surface area contributed by atoms with Crippen LogP contribution in [0.2, 0.25) is 0 Å². The van der Waals surface area contributed by atoms with Crippen molar-refractivity contribution in [1.82, 2.24) is 9.80 Å². The molecule has 0 unspecified atom stereocenters. The highest BCUT2D eigenvalue weighted by Crippen LogP contribution is 2.23. The van der Waals surface area contributed by atoms with Crippen LogP contribution >= 0.6 is 0 Å². The third-order valence-electron chi connectivity index (χ3n) is 3.78. The minimum absolute atomic E-state index is 0.433. The zero-order valence-corrected chi connectivity index (χ0v) is 11.7. The van der Waals surface area contributed by atoms with E-state index in [0.717, 1.165) is 6.54 Å². The van der Waals surface area contributed by atoms with E-state index in [1.54, 1.807) is 7.05 Å². The number of hydrogen-bond acceptors (Lipinski definition) is 2. The maximum absolute atomic E-state index is 12.0. The lowest BCUT2D eigenvalue weighted by Gasteiger charge is -2.27. The van der Waals surface area contributed by atoms with E-state index >= 15 is 0 Å². The Labute approximate surface area is 112 Å². The van der Waals surface area contributed by atoms with Crippen LogP contribution in [0.4, 0.5) is 13.2 Å². The Bertz CT molecular complexity index is 288. The topological polar surface area (TPSA) is 23.6 Å². The molecule has 0 spiro atoms. The molecule has 112 valence electrons. The molecule has 0 radical (unpaired) electrons. The molecule has 0 bridgehead atoms. The van der Waals surface area contributed by atoms with Crippen LogP contribution in [0.3, 0.4) is 0 Å². The summed E-state index contributed by atoms with van der Waals surface area (Å²) in [5.41, 5.74) is 0. The zero-order valence-electron chi connectivity index (χ0n) is 11.7. The standard InChI is InChI=1S/C13H23F3N2O/c1-17(11-5-3-4-6-11)9-10-18(2)12(19)7-8-13(14,15)16/h11H,3-10H2,1-2H3. The molecule has 1 amide bonds. The van der Waals surface area contributed by atoms with Crippen molar-refractivity contribution < 1.29 is 18.0 Å². The fourth-order valence-electron chi connectivity index (χ4n) is 2.40. The Balaban J connectivity index is 2.22. The first kappa shape index (κ1) is 16.3. The normalized spacial score (nSPS) is 17.2. The summed E-state index contributed by atoms with van der Waals surface area (Å²) in [6.07, 6.45) is -0.881. The third kappa shape index (κ3) is 6.27. The van der Waals surface area contributed by atoms with Crippen molar-refractivity contribution in [3.05, 3.63) is 0 Å². The average molecular weight is 280 g/mol. The van der Waals surface area contributed by atoms with Gasteiger partial charge in [0.05, 0.1) is 6.42 Å². The molecule has 0 atom stereocenters. The van der Waals surface area contributed by atoms with Gasteiger partial charge in [0.2, 0.25) is 5.91 Å². The molecule has 0 aliphatic heterocycles. The first-order valence-electron chi connectivity index (χ1n) is 6.80. The van der Waals surface area contributed by atoms with Crippen LogP contribution < -0.4 is 0 Å². The minimum atomic E-state index is -4.25. The highest BCUT2D eigenvalue weighted by Gasteiger charge is 2.28. The first-order valence-corrected chi connectivity index (χ1v) is 6.80. The predicted molar refractivity (Wildman–Crippen MR) is 67.8 cm³/mol. The van der Waals surface area contributed by atoms with Gasteiger partial charge in [-0.1, -0.05) is 12.8 Å². The van der Waals surface area contributed by atoms with E-state index < -0.39 is 24.9 Å². The second-order valence-electron chi connectivity index (χ2n) is 5.35. The Morgan fingerprint density at radius 2 is 1.74 bits per heavy atom. The van der Waals surface area contributed by atoms with Gasteiger partial charge < -0.3 is 9.80 Å². The van der Waals surface area contributed by atoms with Crippen LogP contribution in [-0.4, -0.2) is 55.1 Å². The second-order valence-corrected chi connectivity index (χ2v) is 5.35. The lowest BCUT2D eigenvalue weighted by Crippen LogP contribution is -2.38. The summed E-state index contributed by atoms with van der Waals surface area (Å²) in [5, 5.41) is 0. The molecular weight excluding hydrogens is 257 g/mol. The van der Waals surface area contributed by atoms with E-state index in [1.165, 1.54) is 30.6 Å². The zero-order chi connectivity index (χ0) is 14.5. The van der Waals surface area contributed by atoms with Crippen LogP contribution in [0.25, 0.3) is 0 Å². The van der Waals surface area contributed by atoms with Crippen LogP contribution in [0.1, 0.15) is 38.5 Å². The SMILES string of the molecule is CN(CCN(C)C1CCCC1)C(=O)CCC(F)(F)F. The summed E-state index contributed by atoms with van der Waals surface area (Å²) in [5.74, 6) is -0.433. The van der Waals surface area contributed by atoms with Crippen LogP contribution in [0.15, 0.2) is 0 Å². The molecule has 6 heteroatoms. The van der Waals surface area contributed by atoms with E-state index in [2.05, 4.69) is 4.90 Å². The van der Waals surface area contributed by atoms with Gasteiger partial charge in [-0.3, -0.25) is 4.79 Å². The Hall–Kier alpha value is -0.780. The minimum Gasteiger partial charge on any atom is -0.344 e. The van der Waals surface area contributed by atoms with Crippen molar-refractivity contribution >= 4 is 5.91 Å². The van der Waals surface area contributed by atoms with Crippen molar-refractivity contribution in [1.29, 1.82) is 0 Å². The molecule has 0 aromatic rings. The van der Waals surface area contributed by atoms with E-state index in [4.69, 9.17) is 0 Å². The highest BCUT2D eigenvalue weighted by molar-refractivity contribution is 5.75. The Kier molecular flexibility index (Phi) is 6.10. The fraction of sp³-hybridized carbons (Fsp3) is 0.923. The molecular formula is C13H23F3N2O. The molecule has 1 fully saturated rings. The third-order valence-corrected chi connectivity index (χ3v) is 3.78. The van der Waals surface area contributed by atoms with Gasteiger partial charge in [0.1, 0.15) is 0 Å². The number of rotatable bonds is 6. The Morgan fingerprint density at radius 3 is 2.26 bits per heavy atom. The van der Waals surface area contributed by atoms with Gasteiger partial charge >= 0.3 is 6.18 Å². The summed E-state index contributed by atoms with van der Waals surface area (Å²) < 4.78 is 36.1. The van der Waals surface area contributed by atoms with Crippen molar-refractivity contribution in [2.75, 3.05) is 27.2 Å². The van der Waals surface area contributed by atoms with Gasteiger partial charge in [0.25, 0.3) is 0 Å². The number of likely N-dealkylation sites (N-methyl/N-ethyl adjacent to an activating group) is 2. The van der Waals surface area contributed by atoms with Crippen molar-refractivity contribution in [3.8, 4) is 0 Å². The van der Waals surface area contributed by atoms with Crippen LogP contribution in [-0.2, 0) is 4.79 Å². The number of amides is 1. The largest absolute Gasteiger partial charge is 0.389 e. The number of nitrogens with zero attached hydrogens (tertiary/aromatic N) is 2. The number of halogens is 3. The summed E-state index contributed by atoms with van der Waals surface area (Å²) in [6.45, 7) is 1.21. The molecule has 3 nitrogen and oxygen atoms in total. The lowest BCUT2D eigenvalue weighted by molar-refractivity contribution is -0.148. The maximum Gasteiger partial charge on any atom is 0.389 e. The summed E-state index contributed by atoms with van der Waals surface area (Å²) in [6, 6.07) is 0.568. The smallest absolute Gasteiger partial charge is 0.344 e. The number of alkyl halides is 3. The molecule has 0 N–H and O–H groups in total. The summed E-state index contributed by atoms with van der Waals surface area (Å²) >= 11 is 0. The first-order chi connectivity index (χ1) is 8.79. The second kappa shape index (κ2) is 7.12. The number of hydrogen-bond donors (Lipinski definition) is 0. The molecule has 1 rings (SSSR count). The summed E-state index contributed by atoms with van der Waals surface area (Å²) in [4.78, 5) is 15.1. The molecule has 1 saturated carbocycles. The molecule has 0 saturated heterocycles. The quantitative estimate of drug-likeness (QED) is 0.747. The monoisotopic (exact) mass is 280 g/mol. The average Bonchev–Trinajstić information content (AvgIpc) is 2.85. The van der Waals surface area contributed by atoms with E-state index in [9.17, 15) is 18.0 Å². The van der Waals surface area contributed by atoms with Gasteiger partial charge in [0.15, 0.2) is 0 Å². The van der Waals surface area contributed by atoms with Crippen molar-refractivity contribution in [3.63, 3.8) is 0 Å². The molecule has 0 heterocycles. The predicted octanol–water partition coefficient (Wildman–Crippen LogP) is 2.66. The lowest BCUT2D eigenvalue weighted by atomic mass is 10.2. The molecule has 1 aliphatic rings. The fourth-order valence-corrected chi connectivity index (χ4v) is 2.40. The van der Waals surface area contributed by atoms with Crippen molar-refractivity contribution in [2.45, 2.75) is 50.7 Å². The van der Waals surface area contributed by atoms with Crippen molar-refractivity contribution in [2.24, 2.45) is 0 Å². The van der Waals surface area contributed by atoms with E-state index in [1.807, 2.05) is 7.05 Å². The van der Waals surface area contributed by atoms with Gasteiger partial charge in [0, 0.05) is 32.6 Å². The summed E-state index contributed by atoms with van der Waals surface area (Å²) in [7, 11) is 3.59. The molecule has 0 aromatic heterocycles. The van der Waals surface area contributed by atoms with E-state index in [0.29, 0.717) is 12.6 Å². The van der Waals surface area contributed by atoms with Gasteiger partial charge in [-0.2, -0.15) is 13.2 Å². The highest BCUT2D eigenvalue weighted by atomic mass is 19.4. The Morgan fingerprint density at radius 1 is 1.16 bits per heavy atom. The molecule has 19 heavy (non-hydrogen) atoms. The maximum atomic E-state index is 12.0. The molecule has 1 aliphatic carbocycles. The number of carbonyl (C=O) groups is 1. The molecule has 0 aromatic carbocycles. The van der Waals surface area contributed by atoms with E-state index in [-0.39, 0.29) is 0 Å².